The molecule has 4 heteroatoms. The lowest BCUT2D eigenvalue weighted by molar-refractivity contribution is -0.130. The van der Waals surface area contributed by atoms with Crippen LogP contribution in [0.5, 0.6) is 0 Å². The first kappa shape index (κ1) is 9.83. The van der Waals surface area contributed by atoms with Crippen LogP contribution in [0, 0.1) is 5.82 Å². The summed E-state index contributed by atoms with van der Waals surface area (Å²) in [5, 5.41) is 5.40. The molecule has 0 saturated heterocycles. The summed E-state index contributed by atoms with van der Waals surface area (Å²) >= 11 is 0. The molecule has 1 unspecified atom stereocenters. The van der Waals surface area contributed by atoms with Gasteiger partial charge in [0.15, 0.2) is 0 Å². The van der Waals surface area contributed by atoms with Gasteiger partial charge in [-0.1, -0.05) is 12.1 Å². The van der Waals surface area contributed by atoms with Crippen LogP contribution >= 0.6 is 0 Å². The van der Waals surface area contributed by atoms with E-state index in [1.165, 1.54) is 24.1 Å². The highest BCUT2D eigenvalue weighted by atomic mass is 19.1. The molecule has 0 aliphatic carbocycles. The van der Waals surface area contributed by atoms with Crippen LogP contribution in [0.15, 0.2) is 29.4 Å². The number of rotatable bonds is 1. The molecular weight excluding hydrogens is 195 g/mol. The molecule has 1 aromatic rings. The van der Waals surface area contributed by atoms with E-state index in [4.69, 9.17) is 0 Å². The van der Waals surface area contributed by atoms with Gasteiger partial charge in [0.25, 0.3) is 0 Å². The summed E-state index contributed by atoms with van der Waals surface area (Å²) in [5.74, 6) is -0.370. The zero-order chi connectivity index (χ0) is 10.8. The molecule has 0 aromatic heterocycles. The van der Waals surface area contributed by atoms with Gasteiger partial charge in [0.05, 0.1) is 6.04 Å². The van der Waals surface area contributed by atoms with Crippen molar-refractivity contribution in [3.8, 4) is 0 Å². The molecule has 1 aliphatic rings. The summed E-state index contributed by atoms with van der Waals surface area (Å²) in [4.78, 5) is 11.2. The first-order valence-electron chi connectivity index (χ1n) is 4.76. The summed E-state index contributed by atoms with van der Waals surface area (Å²) in [7, 11) is 0. The minimum Gasteiger partial charge on any atom is -0.273 e. The van der Waals surface area contributed by atoms with Crippen LogP contribution in [-0.2, 0) is 4.79 Å². The third kappa shape index (κ3) is 1.88. The van der Waals surface area contributed by atoms with Gasteiger partial charge in [0.2, 0.25) is 5.91 Å². The quantitative estimate of drug-likeness (QED) is 0.692. The van der Waals surface area contributed by atoms with Crippen LogP contribution in [0.25, 0.3) is 0 Å². The van der Waals surface area contributed by atoms with Crippen molar-refractivity contribution in [2.24, 2.45) is 5.10 Å². The molecule has 0 N–H and O–H groups in total. The molecule has 2 rings (SSSR count). The number of halogens is 1. The fourth-order valence-electron chi connectivity index (χ4n) is 1.68. The lowest BCUT2D eigenvalue weighted by Crippen LogP contribution is -2.24. The largest absolute Gasteiger partial charge is 0.273 e. The fraction of sp³-hybridized carbons (Fsp3) is 0.273. The predicted octanol–water partition coefficient (Wildman–Crippen LogP) is 2.10. The van der Waals surface area contributed by atoms with E-state index >= 15 is 0 Å². The summed E-state index contributed by atoms with van der Waals surface area (Å²) in [6, 6.07) is 6.08. The molecular formula is C11H11FN2O. The molecule has 0 spiro atoms. The number of nitrogens with zero attached hydrogens (tertiary/aromatic N) is 2. The van der Waals surface area contributed by atoms with Crippen molar-refractivity contribution in [2.45, 2.75) is 19.4 Å². The smallest absolute Gasteiger partial charge is 0.240 e. The Kier molecular flexibility index (Phi) is 2.49. The molecule has 3 nitrogen and oxygen atoms in total. The van der Waals surface area contributed by atoms with Crippen molar-refractivity contribution in [3.05, 3.63) is 35.6 Å². The van der Waals surface area contributed by atoms with Crippen LogP contribution in [0.4, 0.5) is 4.39 Å². The van der Waals surface area contributed by atoms with Crippen LogP contribution in [0.1, 0.15) is 24.9 Å². The molecule has 0 saturated carbocycles. The van der Waals surface area contributed by atoms with Gasteiger partial charge in [0, 0.05) is 19.6 Å². The number of benzene rings is 1. The molecule has 1 amide bonds. The van der Waals surface area contributed by atoms with Crippen molar-refractivity contribution < 1.29 is 9.18 Å². The van der Waals surface area contributed by atoms with Gasteiger partial charge in [-0.25, -0.2) is 9.40 Å². The molecule has 0 bridgehead atoms. The van der Waals surface area contributed by atoms with E-state index < -0.39 is 0 Å². The average molecular weight is 206 g/mol. The molecule has 0 fully saturated rings. The molecule has 1 heterocycles. The van der Waals surface area contributed by atoms with E-state index in [1.807, 2.05) is 0 Å². The van der Waals surface area contributed by atoms with Crippen LogP contribution in [0.3, 0.4) is 0 Å². The van der Waals surface area contributed by atoms with Crippen molar-refractivity contribution >= 4 is 12.1 Å². The second-order valence-corrected chi connectivity index (χ2v) is 3.46. The highest BCUT2D eigenvalue weighted by Gasteiger charge is 2.25. The van der Waals surface area contributed by atoms with Crippen molar-refractivity contribution in [1.82, 2.24) is 5.01 Å². The number of hydrogen-bond acceptors (Lipinski definition) is 2. The van der Waals surface area contributed by atoms with Crippen LogP contribution in [0.2, 0.25) is 0 Å². The summed E-state index contributed by atoms with van der Waals surface area (Å²) in [6.07, 6.45) is 2.39. The first-order valence-corrected chi connectivity index (χ1v) is 4.76. The maximum absolute atomic E-state index is 12.7. The SMILES string of the molecule is CC(=O)N1N=CCC1c1ccc(F)cc1. The topological polar surface area (TPSA) is 32.7 Å². The lowest BCUT2D eigenvalue weighted by atomic mass is 10.0. The highest BCUT2D eigenvalue weighted by molar-refractivity contribution is 5.77. The Morgan fingerprint density at radius 2 is 2.13 bits per heavy atom. The number of carbonyl (C=O) groups excluding carboxylic acids is 1. The van der Waals surface area contributed by atoms with E-state index in [9.17, 15) is 9.18 Å². The second-order valence-electron chi connectivity index (χ2n) is 3.46. The van der Waals surface area contributed by atoms with E-state index in [1.54, 1.807) is 18.3 Å². The van der Waals surface area contributed by atoms with Gasteiger partial charge in [0.1, 0.15) is 5.82 Å². The minimum absolute atomic E-state index is 0.0805. The third-order valence-electron chi connectivity index (χ3n) is 2.41. The normalized spacial score (nSPS) is 19.6. The Morgan fingerprint density at radius 3 is 2.73 bits per heavy atom. The fourth-order valence-corrected chi connectivity index (χ4v) is 1.68. The lowest BCUT2D eigenvalue weighted by Gasteiger charge is -2.20. The average Bonchev–Trinajstić information content (AvgIpc) is 2.67. The van der Waals surface area contributed by atoms with Gasteiger partial charge in [-0.3, -0.25) is 4.79 Å². The van der Waals surface area contributed by atoms with E-state index in [2.05, 4.69) is 5.10 Å². The molecule has 0 radical (unpaired) electrons. The van der Waals surface area contributed by atoms with Crippen LogP contribution < -0.4 is 0 Å². The number of hydrazone groups is 1. The van der Waals surface area contributed by atoms with E-state index in [0.717, 1.165) is 5.56 Å². The number of amides is 1. The van der Waals surface area contributed by atoms with Gasteiger partial charge >= 0.3 is 0 Å². The number of hydrogen-bond donors (Lipinski definition) is 0. The molecule has 1 aromatic carbocycles. The Morgan fingerprint density at radius 1 is 1.47 bits per heavy atom. The molecule has 15 heavy (non-hydrogen) atoms. The standard InChI is InChI=1S/C11H11FN2O/c1-8(15)14-11(6-7-13-14)9-2-4-10(12)5-3-9/h2-5,7,11H,6H2,1H3. The first-order chi connectivity index (χ1) is 7.18. The minimum atomic E-state index is -0.271. The maximum atomic E-state index is 12.7. The maximum Gasteiger partial charge on any atom is 0.240 e. The van der Waals surface area contributed by atoms with Gasteiger partial charge in [-0.2, -0.15) is 5.10 Å². The summed E-state index contributed by atoms with van der Waals surface area (Å²) in [5.41, 5.74) is 0.907. The predicted molar refractivity (Wildman–Crippen MR) is 54.8 cm³/mol. The monoisotopic (exact) mass is 206 g/mol. The zero-order valence-corrected chi connectivity index (χ0v) is 8.35. The highest BCUT2D eigenvalue weighted by Crippen LogP contribution is 2.27. The molecule has 1 atom stereocenters. The Hall–Kier alpha value is -1.71. The number of carbonyl (C=O) groups is 1. The summed E-state index contributed by atoms with van der Waals surface area (Å²) in [6.45, 7) is 1.47. The molecule has 1 aliphatic heterocycles. The Labute approximate surface area is 87.2 Å². The molecule has 78 valence electrons. The van der Waals surface area contributed by atoms with E-state index in [0.29, 0.717) is 6.42 Å². The third-order valence-corrected chi connectivity index (χ3v) is 2.41. The van der Waals surface area contributed by atoms with Crippen molar-refractivity contribution in [1.29, 1.82) is 0 Å². The summed E-state index contributed by atoms with van der Waals surface area (Å²) < 4.78 is 12.7. The second kappa shape index (κ2) is 3.81. The van der Waals surface area contributed by atoms with Crippen molar-refractivity contribution in [3.63, 3.8) is 0 Å². The van der Waals surface area contributed by atoms with Gasteiger partial charge in [-0.15, -0.1) is 0 Å². The van der Waals surface area contributed by atoms with Crippen molar-refractivity contribution in [2.75, 3.05) is 0 Å². The van der Waals surface area contributed by atoms with Gasteiger partial charge < -0.3 is 0 Å². The Balaban J connectivity index is 2.24. The Bertz CT molecular complexity index is 400. The van der Waals surface area contributed by atoms with Crippen LogP contribution in [-0.4, -0.2) is 17.1 Å². The van der Waals surface area contributed by atoms with E-state index in [-0.39, 0.29) is 17.8 Å². The van der Waals surface area contributed by atoms with Gasteiger partial charge in [-0.05, 0) is 17.7 Å². The zero-order valence-electron chi connectivity index (χ0n) is 8.35.